The Balaban J connectivity index is 1.45. The molecular weight excluding hydrogens is 380 g/mol. The van der Waals surface area contributed by atoms with Crippen LogP contribution in [0, 0.1) is 6.92 Å². The summed E-state index contributed by atoms with van der Waals surface area (Å²) < 4.78 is 5.28. The number of H-pyrrole nitrogens is 1. The summed E-state index contributed by atoms with van der Waals surface area (Å²) in [5.74, 6) is 0.709. The van der Waals surface area contributed by atoms with Crippen LogP contribution in [0.2, 0.25) is 0 Å². The Morgan fingerprint density at radius 1 is 1.03 bits per heavy atom. The minimum Gasteiger partial charge on any atom is -0.497 e. The third kappa shape index (κ3) is 3.83. The highest BCUT2D eigenvalue weighted by molar-refractivity contribution is 6.08. The van der Waals surface area contributed by atoms with Gasteiger partial charge in [-0.25, -0.2) is 0 Å². The molecule has 7 heteroatoms. The number of methoxy groups -OCH3 is 1. The van der Waals surface area contributed by atoms with Crippen molar-refractivity contribution in [1.82, 2.24) is 9.88 Å². The quantitative estimate of drug-likeness (QED) is 0.696. The number of aromatic amines is 1. The first-order valence-corrected chi connectivity index (χ1v) is 10.0. The van der Waals surface area contributed by atoms with Gasteiger partial charge in [0.1, 0.15) is 11.4 Å². The number of anilines is 2. The average Bonchev–Trinajstić information content (AvgIpc) is 3.10. The molecule has 0 aliphatic carbocycles. The van der Waals surface area contributed by atoms with Crippen molar-refractivity contribution < 1.29 is 14.3 Å². The molecule has 0 bridgehead atoms. The maximum Gasteiger partial charge on any atom is 0.272 e. The number of carbonyl (C=O) groups is 2. The van der Waals surface area contributed by atoms with Crippen molar-refractivity contribution in [3.05, 3.63) is 53.7 Å². The predicted molar refractivity (Wildman–Crippen MR) is 118 cm³/mol. The Hall–Kier alpha value is -3.48. The number of rotatable bonds is 4. The van der Waals surface area contributed by atoms with Gasteiger partial charge in [0.25, 0.3) is 5.91 Å². The average molecular weight is 406 g/mol. The van der Waals surface area contributed by atoms with Crippen molar-refractivity contribution in [3.63, 3.8) is 0 Å². The second kappa shape index (κ2) is 8.10. The van der Waals surface area contributed by atoms with E-state index in [2.05, 4.69) is 15.2 Å². The molecule has 2 heterocycles. The molecule has 7 nitrogen and oxygen atoms in total. The van der Waals surface area contributed by atoms with Crippen molar-refractivity contribution in [2.45, 2.75) is 13.8 Å². The molecule has 0 atom stereocenters. The van der Waals surface area contributed by atoms with E-state index >= 15 is 0 Å². The van der Waals surface area contributed by atoms with Gasteiger partial charge in [0, 0.05) is 55.4 Å². The number of nitrogens with one attached hydrogen (secondary N) is 2. The molecule has 1 aliphatic heterocycles. The number of carbonyl (C=O) groups excluding carboxylic acids is 2. The largest absolute Gasteiger partial charge is 0.497 e. The molecule has 2 N–H and O–H groups in total. The third-order valence-electron chi connectivity index (χ3n) is 5.71. The van der Waals surface area contributed by atoms with Crippen LogP contribution in [0.1, 0.15) is 23.0 Å². The number of amides is 2. The van der Waals surface area contributed by atoms with Crippen molar-refractivity contribution in [1.29, 1.82) is 0 Å². The Kier molecular flexibility index (Phi) is 5.35. The van der Waals surface area contributed by atoms with Crippen LogP contribution in [0.15, 0.2) is 42.5 Å². The number of nitrogens with zero attached hydrogens (tertiary/aromatic N) is 2. The normalized spacial score (nSPS) is 14.1. The molecule has 3 aromatic rings. The highest BCUT2D eigenvalue weighted by Gasteiger charge is 2.19. The summed E-state index contributed by atoms with van der Waals surface area (Å²) in [6, 6.07) is 13.5. The number of benzene rings is 2. The smallest absolute Gasteiger partial charge is 0.272 e. The van der Waals surface area contributed by atoms with Gasteiger partial charge in [-0.2, -0.15) is 0 Å². The van der Waals surface area contributed by atoms with E-state index < -0.39 is 0 Å². The maximum absolute atomic E-state index is 12.8. The minimum absolute atomic E-state index is 0.124. The van der Waals surface area contributed by atoms with Crippen molar-refractivity contribution >= 4 is 34.1 Å². The van der Waals surface area contributed by atoms with Crippen LogP contribution in [0.4, 0.5) is 11.4 Å². The van der Waals surface area contributed by atoms with E-state index in [0.29, 0.717) is 5.69 Å². The second-order valence-electron chi connectivity index (χ2n) is 7.53. The van der Waals surface area contributed by atoms with Gasteiger partial charge in [0.2, 0.25) is 5.91 Å². The lowest BCUT2D eigenvalue weighted by molar-refractivity contribution is -0.129. The summed E-state index contributed by atoms with van der Waals surface area (Å²) in [5, 5.41) is 3.94. The van der Waals surface area contributed by atoms with Gasteiger partial charge in [-0.3, -0.25) is 9.59 Å². The van der Waals surface area contributed by atoms with Crippen LogP contribution in [0.5, 0.6) is 5.75 Å². The summed E-state index contributed by atoms with van der Waals surface area (Å²) >= 11 is 0. The van der Waals surface area contributed by atoms with Gasteiger partial charge >= 0.3 is 0 Å². The highest BCUT2D eigenvalue weighted by Crippen LogP contribution is 2.27. The van der Waals surface area contributed by atoms with Crippen LogP contribution >= 0.6 is 0 Å². The van der Waals surface area contributed by atoms with Gasteiger partial charge in [-0.15, -0.1) is 0 Å². The van der Waals surface area contributed by atoms with E-state index in [0.717, 1.165) is 59.8 Å². The second-order valence-corrected chi connectivity index (χ2v) is 7.53. The number of ether oxygens (including phenoxy) is 1. The van der Waals surface area contributed by atoms with Gasteiger partial charge < -0.3 is 24.8 Å². The zero-order valence-electron chi connectivity index (χ0n) is 17.5. The monoisotopic (exact) mass is 406 g/mol. The van der Waals surface area contributed by atoms with Gasteiger partial charge in [-0.05, 0) is 55.0 Å². The van der Waals surface area contributed by atoms with E-state index in [9.17, 15) is 9.59 Å². The fourth-order valence-electron chi connectivity index (χ4n) is 3.89. The molecule has 0 saturated carbocycles. The van der Waals surface area contributed by atoms with Crippen molar-refractivity contribution in [3.8, 4) is 5.75 Å². The maximum atomic E-state index is 12.8. The molecule has 1 saturated heterocycles. The lowest BCUT2D eigenvalue weighted by Gasteiger charge is -2.35. The molecule has 0 radical (unpaired) electrons. The van der Waals surface area contributed by atoms with Crippen molar-refractivity contribution in [2.24, 2.45) is 0 Å². The van der Waals surface area contributed by atoms with E-state index in [4.69, 9.17) is 4.74 Å². The zero-order chi connectivity index (χ0) is 21.3. The van der Waals surface area contributed by atoms with Crippen LogP contribution < -0.4 is 15.0 Å². The standard InChI is InChI=1S/C23H26N4O3/c1-15-20-14-19(30-3)8-9-21(20)25-22(15)23(29)24-17-4-6-18(7-5-17)27-12-10-26(11-13-27)16(2)28/h4-9,14,25H,10-13H2,1-3H3,(H,24,29). The number of fused-ring (bicyclic) bond motifs is 1. The molecule has 4 rings (SSSR count). The first kappa shape index (κ1) is 19.8. The summed E-state index contributed by atoms with van der Waals surface area (Å²) in [6.45, 7) is 6.62. The van der Waals surface area contributed by atoms with E-state index in [-0.39, 0.29) is 11.8 Å². The van der Waals surface area contributed by atoms with Crippen LogP contribution in [0.25, 0.3) is 10.9 Å². The number of aromatic nitrogens is 1. The summed E-state index contributed by atoms with van der Waals surface area (Å²) in [7, 11) is 1.63. The summed E-state index contributed by atoms with van der Waals surface area (Å²) in [6.07, 6.45) is 0. The lowest BCUT2D eigenvalue weighted by Crippen LogP contribution is -2.48. The molecule has 1 aromatic heterocycles. The van der Waals surface area contributed by atoms with E-state index in [1.54, 1.807) is 14.0 Å². The zero-order valence-corrected chi connectivity index (χ0v) is 17.5. The van der Waals surface area contributed by atoms with Gasteiger partial charge in [0.05, 0.1) is 7.11 Å². The fraction of sp³-hybridized carbons (Fsp3) is 0.304. The number of aryl methyl sites for hydroxylation is 1. The predicted octanol–water partition coefficient (Wildman–Crippen LogP) is 3.41. The number of hydrogen-bond donors (Lipinski definition) is 2. The number of hydrogen-bond acceptors (Lipinski definition) is 4. The molecular formula is C23H26N4O3. The Labute approximate surface area is 175 Å². The Bertz CT molecular complexity index is 1080. The van der Waals surface area contributed by atoms with Gasteiger partial charge in [0.15, 0.2) is 0 Å². The third-order valence-corrected chi connectivity index (χ3v) is 5.71. The van der Waals surface area contributed by atoms with E-state index in [1.165, 1.54) is 0 Å². The Morgan fingerprint density at radius 3 is 2.37 bits per heavy atom. The fourth-order valence-corrected chi connectivity index (χ4v) is 3.89. The van der Waals surface area contributed by atoms with E-state index in [1.807, 2.05) is 54.3 Å². The van der Waals surface area contributed by atoms with Crippen LogP contribution in [-0.2, 0) is 4.79 Å². The molecule has 1 fully saturated rings. The number of piperazine rings is 1. The molecule has 2 aromatic carbocycles. The molecule has 30 heavy (non-hydrogen) atoms. The van der Waals surface area contributed by atoms with Crippen molar-refractivity contribution in [2.75, 3.05) is 43.5 Å². The molecule has 1 aliphatic rings. The summed E-state index contributed by atoms with van der Waals surface area (Å²) in [4.78, 5) is 31.6. The first-order valence-electron chi connectivity index (χ1n) is 10.0. The van der Waals surface area contributed by atoms with Crippen LogP contribution in [-0.4, -0.2) is 55.0 Å². The lowest BCUT2D eigenvalue weighted by atomic mass is 10.1. The molecule has 156 valence electrons. The summed E-state index contributed by atoms with van der Waals surface area (Å²) in [5.41, 5.74) is 4.16. The first-order chi connectivity index (χ1) is 14.5. The molecule has 0 unspecified atom stereocenters. The highest BCUT2D eigenvalue weighted by atomic mass is 16.5. The topological polar surface area (TPSA) is 77.7 Å². The minimum atomic E-state index is -0.175. The van der Waals surface area contributed by atoms with Crippen LogP contribution in [0.3, 0.4) is 0 Å². The SMILES string of the molecule is COc1ccc2[nH]c(C(=O)Nc3ccc(N4CCN(C(C)=O)CC4)cc3)c(C)c2c1. The molecule has 2 amide bonds. The Morgan fingerprint density at radius 2 is 1.73 bits per heavy atom. The molecule has 0 spiro atoms. The van der Waals surface area contributed by atoms with Gasteiger partial charge in [-0.1, -0.05) is 0 Å².